The molecule has 1 amide bonds. The lowest BCUT2D eigenvalue weighted by Gasteiger charge is -2.25. The molecule has 2 atom stereocenters. The number of anilines is 1. The van der Waals surface area contributed by atoms with Crippen LogP contribution in [0.3, 0.4) is 0 Å². The predicted octanol–water partition coefficient (Wildman–Crippen LogP) is 1.61. The first kappa shape index (κ1) is 15.3. The van der Waals surface area contributed by atoms with E-state index >= 15 is 0 Å². The average molecular weight is 334 g/mol. The molecule has 4 N–H and O–H groups in total. The van der Waals surface area contributed by atoms with Gasteiger partial charge in [-0.3, -0.25) is 4.79 Å². The van der Waals surface area contributed by atoms with Crippen molar-refractivity contribution in [3.05, 3.63) is 28.2 Å². The molecule has 2 rings (SSSR count). The second-order valence-corrected chi connectivity index (χ2v) is 5.74. The Balaban J connectivity index is 2.13. The second kappa shape index (κ2) is 6.13. The number of carbonyl (C=O) groups excluding carboxylic acids is 1. The third kappa shape index (κ3) is 3.32. The van der Waals surface area contributed by atoms with E-state index in [1.807, 2.05) is 0 Å². The van der Waals surface area contributed by atoms with E-state index in [0.717, 1.165) is 0 Å². The maximum Gasteiger partial charge on any atom is 0.240 e. The van der Waals surface area contributed by atoms with Crippen LogP contribution in [0.15, 0.2) is 18.2 Å². The van der Waals surface area contributed by atoms with Crippen molar-refractivity contribution in [3.8, 4) is 0 Å². The summed E-state index contributed by atoms with van der Waals surface area (Å²) in [4.78, 5) is 12.9. The lowest BCUT2D eigenvalue weighted by molar-refractivity contribution is -0.121. The summed E-state index contributed by atoms with van der Waals surface area (Å²) in [6.07, 6.45) is -0.362. The highest BCUT2D eigenvalue weighted by molar-refractivity contribution is 7.80. The van der Waals surface area contributed by atoms with Crippen LogP contribution in [0.5, 0.6) is 0 Å². The van der Waals surface area contributed by atoms with Gasteiger partial charge in [-0.15, -0.1) is 0 Å². The van der Waals surface area contributed by atoms with Crippen molar-refractivity contribution in [3.63, 3.8) is 0 Å². The maximum absolute atomic E-state index is 11.4. The topological polar surface area (TPSA) is 78.6 Å². The summed E-state index contributed by atoms with van der Waals surface area (Å²) in [5.74, 6) is -0.520. The van der Waals surface area contributed by atoms with Crippen LogP contribution in [-0.2, 0) is 4.79 Å². The molecule has 1 heterocycles. The Bertz CT molecular complexity index is 556. The standard InChI is InChI=1S/C12H13Cl2N3O2S/c13-6-1-2-9(8(14)3-6)16-12(20)17-5-7(18)4-10(17)11(15)19/h1-3,7,10,18H,4-5H2,(H2,15,19)(H,16,20)/t7-,10+/m0/s1. The molecule has 20 heavy (non-hydrogen) atoms. The number of aliphatic hydroxyl groups is 1. The number of hydrogen-bond donors (Lipinski definition) is 3. The van der Waals surface area contributed by atoms with E-state index < -0.39 is 18.1 Å². The second-order valence-electron chi connectivity index (χ2n) is 4.51. The highest BCUT2D eigenvalue weighted by Crippen LogP contribution is 2.27. The first-order chi connectivity index (χ1) is 9.38. The molecule has 1 aromatic rings. The number of β-amino-alcohol motifs (C(OH)–C–C–N with tert-alkyl or cyclic N) is 1. The van der Waals surface area contributed by atoms with Crippen LogP contribution in [0.25, 0.3) is 0 Å². The monoisotopic (exact) mass is 333 g/mol. The number of benzene rings is 1. The molecule has 0 aromatic heterocycles. The molecule has 1 aliphatic heterocycles. The normalized spacial score (nSPS) is 21.9. The van der Waals surface area contributed by atoms with Crippen LogP contribution in [0, 0.1) is 0 Å². The fraction of sp³-hybridized carbons (Fsp3) is 0.333. The van der Waals surface area contributed by atoms with E-state index in [2.05, 4.69) is 5.32 Å². The van der Waals surface area contributed by atoms with Gasteiger partial charge in [-0.1, -0.05) is 23.2 Å². The lowest BCUT2D eigenvalue weighted by Crippen LogP contribution is -2.45. The van der Waals surface area contributed by atoms with Gasteiger partial charge in [-0.25, -0.2) is 0 Å². The summed E-state index contributed by atoms with van der Waals surface area (Å²) in [6, 6.07) is 4.32. The van der Waals surface area contributed by atoms with Crippen molar-refractivity contribution in [2.45, 2.75) is 18.6 Å². The van der Waals surface area contributed by atoms with Gasteiger partial charge in [0.05, 0.1) is 16.8 Å². The molecule has 0 bridgehead atoms. The van der Waals surface area contributed by atoms with Gasteiger partial charge in [0.1, 0.15) is 6.04 Å². The van der Waals surface area contributed by atoms with Gasteiger partial charge in [0, 0.05) is 18.0 Å². The quantitative estimate of drug-likeness (QED) is 0.716. The van der Waals surface area contributed by atoms with Crippen molar-refractivity contribution in [2.75, 3.05) is 11.9 Å². The fourth-order valence-electron chi connectivity index (χ4n) is 2.09. The van der Waals surface area contributed by atoms with Crippen molar-refractivity contribution in [1.82, 2.24) is 4.90 Å². The molecule has 0 aliphatic carbocycles. The summed E-state index contributed by atoms with van der Waals surface area (Å²) < 4.78 is 0. The largest absolute Gasteiger partial charge is 0.391 e. The number of halogens is 2. The highest BCUT2D eigenvalue weighted by Gasteiger charge is 2.36. The van der Waals surface area contributed by atoms with Gasteiger partial charge in [0.15, 0.2) is 5.11 Å². The number of hydrogen-bond acceptors (Lipinski definition) is 3. The average Bonchev–Trinajstić information content (AvgIpc) is 2.75. The molecule has 0 spiro atoms. The number of nitrogens with zero attached hydrogens (tertiary/aromatic N) is 1. The minimum absolute atomic E-state index is 0.255. The molecule has 1 aromatic carbocycles. The molecule has 0 saturated carbocycles. The SMILES string of the molecule is NC(=O)[C@H]1C[C@H](O)CN1C(=S)Nc1ccc(Cl)cc1Cl. The molecular formula is C12H13Cl2N3O2S. The Morgan fingerprint density at radius 1 is 1.50 bits per heavy atom. The molecule has 5 nitrogen and oxygen atoms in total. The number of aliphatic hydroxyl groups excluding tert-OH is 1. The Labute approximate surface area is 131 Å². The lowest BCUT2D eigenvalue weighted by atomic mass is 10.2. The van der Waals surface area contributed by atoms with Crippen molar-refractivity contribution in [1.29, 1.82) is 0 Å². The van der Waals surface area contributed by atoms with Gasteiger partial charge in [-0.05, 0) is 30.4 Å². The van der Waals surface area contributed by atoms with Gasteiger partial charge >= 0.3 is 0 Å². The number of primary amides is 1. The van der Waals surface area contributed by atoms with Gasteiger partial charge in [0.2, 0.25) is 5.91 Å². The number of likely N-dealkylation sites (tertiary alicyclic amines) is 1. The molecule has 0 unspecified atom stereocenters. The number of carbonyl (C=O) groups is 1. The Morgan fingerprint density at radius 3 is 2.80 bits per heavy atom. The molecule has 1 saturated heterocycles. The van der Waals surface area contributed by atoms with Crippen LogP contribution in [-0.4, -0.2) is 39.7 Å². The third-order valence-electron chi connectivity index (χ3n) is 3.04. The fourth-order valence-corrected chi connectivity index (χ4v) is 2.85. The summed E-state index contributed by atoms with van der Waals surface area (Å²) >= 11 is 17.1. The zero-order valence-electron chi connectivity index (χ0n) is 10.3. The molecule has 1 aliphatic rings. The Morgan fingerprint density at radius 2 is 2.20 bits per heavy atom. The molecule has 8 heteroatoms. The van der Waals surface area contributed by atoms with Crippen molar-refractivity contribution < 1.29 is 9.90 Å². The predicted molar refractivity (Wildman–Crippen MR) is 83.0 cm³/mol. The highest BCUT2D eigenvalue weighted by atomic mass is 35.5. The van der Waals surface area contributed by atoms with E-state index in [0.29, 0.717) is 15.7 Å². The molecular weight excluding hydrogens is 321 g/mol. The van der Waals surface area contributed by atoms with Gasteiger partial charge in [0.25, 0.3) is 0 Å². The Hall–Kier alpha value is -1.08. The molecule has 0 radical (unpaired) electrons. The van der Waals surface area contributed by atoms with E-state index in [1.54, 1.807) is 23.1 Å². The van der Waals surface area contributed by atoms with E-state index in [4.69, 9.17) is 41.2 Å². The van der Waals surface area contributed by atoms with E-state index in [1.165, 1.54) is 0 Å². The number of nitrogens with two attached hydrogens (primary N) is 1. The molecule has 108 valence electrons. The maximum atomic E-state index is 11.4. The summed E-state index contributed by atoms with van der Waals surface area (Å²) in [6.45, 7) is 0.255. The van der Waals surface area contributed by atoms with Crippen LogP contribution >= 0.6 is 35.4 Å². The van der Waals surface area contributed by atoms with E-state index in [-0.39, 0.29) is 18.1 Å². The summed E-state index contributed by atoms with van der Waals surface area (Å²) in [5, 5.41) is 13.8. The zero-order valence-corrected chi connectivity index (χ0v) is 12.7. The Kier molecular flexibility index (Phi) is 4.70. The first-order valence-electron chi connectivity index (χ1n) is 5.88. The number of nitrogens with one attached hydrogen (secondary N) is 1. The summed E-state index contributed by atoms with van der Waals surface area (Å²) in [5.41, 5.74) is 5.88. The van der Waals surface area contributed by atoms with Crippen LogP contribution in [0.2, 0.25) is 10.0 Å². The van der Waals surface area contributed by atoms with Crippen LogP contribution in [0.4, 0.5) is 5.69 Å². The number of rotatable bonds is 2. The minimum Gasteiger partial charge on any atom is -0.391 e. The molecule has 1 fully saturated rings. The third-order valence-corrected chi connectivity index (χ3v) is 3.93. The van der Waals surface area contributed by atoms with Crippen LogP contribution < -0.4 is 11.1 Å². The van der Waals surface area contributed by atoms with Crippen molar-refractivity contribution in [2.24, 2.45) is 5.73 Å². The van der Waals surface area contributed by atoms with Gasteiger partial charge < -0.3 is 21.1 Å². The summed E-state index contributed by atoms with van der Waals surface area (Å²) in [7, 11) is 0. The smallest absolute Gasteiger partial charge is 0.240 e. The minimum atomic E-state index is -0.632. The number of amides is 1. The van der Waals surface area contributed by atoms with E-state index in [9.17, 15) is 9.90 Å². The van der Waals surface area contributed by atoms with Gasteiger partial charge in [-0.2, -0.15) is 0 Å². The number of thiocarbonyl (C=S) groups is 1. The zero-order chi connectivity index (χ0) is 14.9. The van der Waals surface area contributed by atoms with Crippen molar-refractivity contribution >= 4 is 52.1 Å². The first-order valence-corrected chi connectivity index (χ1v) is 7.05. The van der Waals surface area contributed by atoms with Crippen LogP contribution in [0.1, 0.15) is 6.42 Å².